The summed E-state index contributed by atoms with van der Waals surface area (Å²) in [5.74, 6) is 0.503. The Morgan fingerprint density at radius 3 is 2.65 bits per heavy atom. The van der Waals surface area contributed by atoms with E-state index in [0.29, 0.717) is 53.8 Å². The Kier molecular flexibility index (Phi) is 12.8. The van der Waals surface area contributed by atoms with Gasteiger partial charge in [0.05, 0.1) is 31.2 Å². The number of fused-ring (bicyclic) bond motifs is 4. The minimum Gasteiger partial charge on any atom is -0.468 e. The zero-order valence-corrected chi connectivity index (χ0v) is 31.4. The number of hydrogen-bond donors (Lipinski definition) is 3. The Morgan fingerprint density at radius 2 is 1.91 bits per heavy atom. The lowest BCUT2D eigenvalue weighted by atomic mass is 9.92. The molecule has 2 atom stereocenters. The topological polar surface area (TPSA) is 142 Å². The van der Waals surface area contributed by atoms with Crippen LogP contribution in [-0.4, -0.2) is 98.2 Å². The number of aryl methyl sites for hydroxylation is 1. The lowest BCUT2D eigenvalue weighted by Gasteiger charge is -2.24. The number of alkyl halides is 1. The van der Waals surface area contributed by atoms with Crippen LogP contribution in [0.4, 0.5) is 10.5 Å². The quantitative estimate of drug-likeness (QED) is 0.0998. The van der Waals surface area contributed by atoms with Crippen molar-refractivity contribution in [3.63, 3.8) is 0 Å². The average Bonchev–Trinajstić information content (AvgIpc) is 3.78. The summed E-state index contributed by atoms with van der Waals surface area (Å²) in [7, 11) is 1.54. The number of aliphatic hydroxyl groups excluding tert-OH is 1. The number of aliphatic hydroxyl groups is 1. The van der Waals surface area contributed by atoms with Gasteiger partial charge in [-0.15, -0.1) is 11.6 Å². The SMILES string of the molecule is CCCCN(CCOCCO)C(=O)Oc1cc2c(c3c(C)cccc13)[C@H](CCl)CN2C(=O)C1=CN2C=C(NC(=O)c3ccc(OCOC)cc3)C=CC2N1. The number of nitrogens with zero attached hydrogens (tertiary/aromatic N) is 3. The van der Waals surface area contributed by atoms with E-state index in [1.165, 1.54) is 7.11 Å². The van der Waals surface area contributed by atoms with E-state index in [0.717, 1.165) is 34.7 Å². The highest BCUT2D eigenvalue weighted by molar-refractivity contribution is 6.19. The third-order valence-electron chi connectivity index (χ3n) is 9.46. The van der Waals surface area contributed by atoms with Gasteiger partial charge >= 0.3 is 6.09 Å². The van der Waals surface area contributed by atoms with E-state index in [-0.39, 0.29) is 56.4 Å². The second-order valence-corrected chi connectivity index (χ2v) is 13.5. The van der Waals surface area contributed by atoms with Crippen LogP contribution >= 0.6 is 11.6 Å². The summed E-state index contributed by atoms with van der Waals surface area (Å²) in [6.45, 7) is 5.65. The first-order chi connectivity index (χ1) is 26.3. The predicted molar refractivity (Wildman–Crippen MR) is 205 cm³/mol. The van der Waals surface area contributed by atoms with Gasteiger partial charge < -0.3 is 49.4 Å². The van der Waals surface area contributed by atoms with Gasteiger partial charge in [-0.05, 0) is 66.3 Å². The van der Waals surface area contributed by atoms with E-state index in [4.69, 9.17) is 35.7 Å². The molecule has 3 N–H and O–H groups in total. The van der Waals surface area contributed by atoms with Gasteiger partial charge in [0.2, 0.25) is 0 Å². The summed E-state index contributed by atoms with van der Waals surface area (Å²) in [4.78, 5) is 46.1. The molecule has 0 aromatic heterocycles. The van der Waals surface area contributed by atoms with Crippen LogP contribution in [0.2, 0.25) is 0 Å². The number of hydrogen-bond acceptors (Lipinski definition) is 10. The molecule has 6 rings (SSSR count). The van der Waals surface area contributed by atoms with E-state index < -0.39 is 6.09 Å². The van der Waals surface area contributed by atoms with Crippen LogP contribution in [0.15, 0.2) is 84.5 Å². The summed E-state index contributed by atoms with van der Waals surface area (Å²) in [5, 5.41) is 17.0. The molecular formula is C40H46ClN5O8. The van der Waals surface area contributed by atoms with Gasteiger partial charge in [0, 0.05) is 68.0 Å². The summed E-state index contributed by atoms with van der Waals surface area (Å²) >= 11 is 6.57. The van der Waals surface area contributed by atoms with Crippen molar-refractivity contribution in [2.75, 3.05) is 64.1 Å². The van der Waals surface area contributed by atoms with Crippen LogP contribution in [-0.2, 0) is 14.3 Å². The number of allylic oxidation sites excluding steroid dienone is 1. The monoisotopic (exact) mass is 759 g/mol. The van der Waals surface area contributed by atoms with Crippen molar-refractivity contribution in [2.45, 2.75) is 38.8 Å². The number of carbonyl (C=O) groups excluding carboxylic acids is 3. The predicted octanol–water partition coefficient (Wildman–Crippen LogP) is 5.32. The van der Waals surface area contributed by atoms with Crippen LogP contribution in [0.3, 0.4) is 0 Å². The third-order valence-corrected chi connectivity index (χ3v) is 9.83. The van der Waals surface area contributed by atoms with Gasteiger partial charge in [-0.25, -0.2) is 4.79 Å². The lowest BCUT2D eigenvalue weighted by molar-refractivity contribution is -0.115. The first-order valence-corrected chi connectivity index (χ1v) is 18.6. The van der Waals surface area contributed by atoms with Crippen LogP contribution in [0, 0.1) is 6.92 Å². The summed E-state index contributed by atoms with van der Waals surface area (Å²) in [6.07, 6.45) is 7.96. The van der Waals surface area contributed by atoms with Crippen LogP contribution < -0.4 is 25.0 Å². The van der Waals surface area contributed by atoms with Gasteiger partial charge in [-0.2, -0.15) is 0 Å². The molecule has 3 aliphatic rings. The van der Waals surface area contributed by atoms with Crippen LogP contribution in [0.25, 0.3) is 10.8 Å². The molecule has 0 aliphatic carbocycles. The summed E-state index contributed by atoms with van der Waals surface area (Å²) in [5.41, 5.74) is 3.91. The van der Waals surface area contributed by atoms with Crippen LogP contribution in [0.5, 0.6) is 11.5 Å². The molecule has 3 heterocycles. The van der Waals surface area contributed by atoms with E-state index in [9.17, 15) is 14.4 Å². The number of anilines is 1. The summed E-state index contributed by atoms with van der Waals surface area (Å²) < 4.78 is 21.9. The fourth-order valence-corrected chi connectivity index (χ4v) is 7.02. The number of ether oxygens (including phenoxy) is 4. The smallest absolute Gasteiger partial charge is 0.415 e. The first kappa shape index (κ1) is 38.6. The van der Waals surface area contributed by atoms with E-state index >= 15 is 0 Å². The third kappa shape index (κ3) is 8.49. The van der Waals surface area contributed by atoms with Gasteiger partial charge in [-0.1, -0.05) is 31.5 Å². The fourth-order valence-electron chi connectivity index (χ4n) is 6.76. The number of methoxy groups -OCH3 is 1. The molecule has 3 aromatic rings. The molecule has 0 bridgehead atoms. The van der Waals surface area contributed by atoms with E-state index in [1.54, 1.807) is 58.6 Å². The summed E-state index contributed by atoms with van der Waals surface area (Å²) in [6, 6.07) is 14.3. The molecule has 286 valence electrons. The number of rotatable bonds is 16. The zero-order chi connectivity index (χ0) is 38.2. The average molecular weight is 760 g/mol. The van der Waals surface area contributed by atoms with Crippen molar-refractivity contribution in [2.24, 2.45) is 0 Å². The number of benzene rings is 3. The second kappa shape index (κ2) is 17.8. The lowest BCUT2D eigenvalue weighted by Crippen LogP contribution is -2.39. The van der Waals surface area contributed by atoms with Crippen LogP contribution in [0.1, 0.15) is 47.2 Å². The number of halogens is 1. The molecule has 0 fully saturated rings. The highest BCUT2D eigenvalue weighted by Gasteiger charge is 2.38. The standard InChI is InChI=1S/C40H46ClN5O8/c1-4-5-15-44(16-18-52-19-17-47)40(50)54-34-20-33-37(36-26(2)7-6-8-31(34)36)28(21-41)22-46(33)39(49)32-24-45-23-29(11-14-35(45)43-32)42-38(48)27-9-12-30(13-10-27)53-25-51-3/h6-14,20,23-24,28,35,43,47H,4-5,15-19,21-22,25H2,1-3H3,(H,42,48)/t28-,35?/m1/s1. The maximum Gasteiger partial charge on any atom is 0.415 e. The molecule has 1 unspecified atom stereocenters. The molecule has 3 amide bonds. The first-order valence-electron chi connectivity index (χ1n) is 18.0. The van der Waals surface area contributed by atoms with Crippen molar-refractivity contribution in [3.05, 3.63) is 101 Å². The minimum atomic E-state index is -0.518. The highest BCUT2D eigenvalue weighted by Crippen LogP contribution is 2.47. The normalized spacial score (nSPS) is 17.1. The molecule has 0 radical (unpaired) electrons. The Hall–Kier alpha value is -5.08. The molecule has 3 aliphatic heterocycles. The molecule has 3 aromatic carbocycles. The maximum absolute atomic E-state index is 14.4. The molecule has 0 spiro atoms. The highest BCUT2D eigenvalue weighted by atomic mass is 35.5. The molecule has 54 heavy (non-hydrogen) atoms. The van der Waals surface area contributed by atoms with Gasteiger partial charge in [0.1, 0.15) is 23.4 Å². The molecular weight excluding hydrogens is 714 g/mol. The van der Waals surface area contributed by atoms with E-state index in [2.05, 4.69) is 10.6 Å². The Labute approximate surface area is 319 Å². The number of carbonyl (C=O) groups is 3. The van der Waals surface area contributed by atoms with Gasteiger partial charge in [-0.3, -0.25) is 9.59 Å². The van der Waals surface area contributed by atoms with Gasteiger partial charge in [0.15, 0.2) is 6.79 Å². The number of amides is 3. The van der Waals surface area contributed by atoms with Crippen molar-refractivity contribution < 1.29 is 38.4 Å². The molecule has 13 nitrogen and oxygen atoms in total. The second-order valence-electron chi connectivity index (χ2n) is 13.2. The Balaban J connectivity index is 1.23. The van der Waals surface area contributed by atoms with E-state index in [1.807, 2.05) is 43.0 Å². The molecule has 0 saturated heterocycles. The number of unbranched alkanes of at least 4 members (excludes halogenated alkanes) is 1. The Bertz CT molecular complexity index is 1950. The van der Waals surface area contributed by atoms with Crippen molar-refractivity contribution in [1.29, 1.82) is 0 Å². The maximum atomic E-state index is 14.4. The largest absolute Gasteiger partial charge is 0.468 e. The molecule has 0 saturated carbocycles. The van der Waals surface area contributed by atoms with Crippen molar-refractivity contribution >= 4 is 46.0 Å². The molecule has 14 heteroatoms. The minimum absolute atomic E-state index is 0.0984. The fraction of sp³-hybridized carbons (Fsp3) is 0.375. The Morgan fingerprint density at radius 1 is 1.09 bits per heavy atom. The van der Waals surface area contributed by atoms with Crippen molar-refractivity contribution in [3.8, 4) is 11.5 Å². The van der Waals surface area contributed by atoms with Gasteiger partial charge in [0.25, 0.3) is 11.8 Å². The number of nitrogens with one attached hydrogen (secondary N) is 2. The zero-order valence-electron chi connectivity index (χ0n) is 30.7. The van der Waals surface area contributed by atoms with Crippen molar-refractivity contribution in [1.82, 2.24) is 20.4 Å².